The number of hydrogen-bond acceptors (Lipinski definition) is 0. The Morgan fingerprint density at radius 2 is 1.61 bits per heavy atom. The molecular formula is C27H36Si. The van der Waals surface area contributed by atoms with E-state index >= 15 is 0 Å². The van der Waals surface area contributed by atoms with E-state index in [0.29, 0.717) is 5.92 Å². The zero-order valence-corrected chi connectivity index (χ0v) is 20.2. The lowest BCUT2D eigenvalue weighted by atomic mass is 9.73. The summed E-state index contributed by atoms with van der Waals surface area (Å²) in [6.07, 6.45) is 5.70. The van der Waals surface area contributed by atoms with E-state index in [4.69, 9.17) is 0 Å². The summed E-state index contributed by atoms with van der Waals surface area (Å²) in [5.41, 5.74) is 10.7. The lowest BCUT2D eigenvalue weighted by Crippen LogP contribution is -2.36. The van der Waals surface area contributed by atoms with Crippen LogP contribution in [-0.4, -0.2) is 9.52 Å². The van der Waals surface area contributed by atoms with E-state index in [0.717, 1.165) is 15.9 Å². The molecule has 0 saturated carbocycles. The Bertz CT molecular complexity index is 915. The van der Waals surface area contributed by atoms with Crippen molar-refractivity contribution >= 4 is 20.8 Å². The van der Waals surface area contributed by atoms with E-state index in [1.807, 2.05) is 0 Å². The van der Waals surface area contributed by atoms with Crippen LogP contribution in [0.3, 0.4) is 0 Å². The predicted octanol–water partition coefficient (Wildman–Crippen LogP) is 7.02. The van der Waals surface area contributed by atoms with Crippen LogP contribution in [-0.2, 0) is 17.3 Å². The minimum atomic E-state index is 0.127. The van der Waals surface area contributed by atoms with E-state index in [2.05, 4.69) is 98.4 Å². The maximum atomic E-state index is 2.54. The Balaban J connectivity index is 2.50. The monoisotopic (exact) mass is 388 g/mol. The average Bonchev–Trinajstić information content (AvgIpc) is 3.06. The number of allylic oxidation sites excluding steroid dienone is 1. The molecule has 0 amide bonds. The summed E-state index contributed by atoms with van der Waals surface area (Å²) >= 11 is 0. The first-order valence-corrected chi connectivity index (χ1v) is 12.1. The molecule has 2 aromatic carbocycles. The van der Waals surface area contributed by atoms with Crippen LogP contribution in [0.2, 0.25) is 6.55 Å². The molecule has 148 valence electrons. The molecule has 1 aliphatic rings. The molecule has 0 fully saturated rings. The summed E-state index contributed by atoms with van der Waals surface area (Å²) in [6.45, 7) is 21.4. The van der Waals surface area contributed by atoms with Crippen molar-refractivity contribution in [2.45, 2.75) is 85.1 Å². The Hall–Kier alpha value is -1.60. The van der Waals surface area contributed by atoms with Crippen molar-refractivity contribution in [3.05, 3.63) is 58.2 Å². The van der Waals surface area contributed by atoms with Crippen molar-refractivity contribution < 1.29 is 0 Å². The maximum absolute atomic E-state index is 2.54. The fourth-order valence-electron chi connectivity index (χ4n) is 4.68. The van der Waals surface area contributed by atoms with Crippen LogP contribution in [0.5, 0.6) is 0 Å². The molecule has 0 heterocycles. The molecule has 3 rings (SSSR count). The fraction of sp³-hybridized carbons (Fsp3) is 0.481. The zero-order chi connectivity index (χ0) is 20.9. The smallest absolute Gasteiger partial charge is 0.0781 e. The molecule has 0 atom stereocenters. The first-order chi connectivity index (χ1) is 13.0. The topological polar surface area (TPSA) is 0 Å². The highest BCUT2D eigenvalue weighted by Gasteiger charge is 2.31. The summed E-state index contributed by atoms with van der Waals surface area (Å²) < 4.78 is 0. The molecule has 2 aromatic rings. The van der Waals surface area contributed by atoms with Gasteiger partial charge in [-0.2, -0.15) is 0 Å². The van der Waals surface area contributed by atoms with Gasteiger partial charge in [0.15, 0.2) is 0 Å². The molecule has 1 aliphatic carbocycles. The number of benzene rings is 2. The molecule has 0 aromatic heterocycles. The first kappa shape index (κ1) is 21.1. The summed E-state index contributed by atoms with van der Waals surface area (Å²) in [5, 5.41) is 1.59. The van der Waals surface area contributed by atoms with Crippen molar-refractivity contribution in [1.29, 1.82) is 0 Å². The van der Waals surface area contributed by atoms with Crippen molar-refractivity contribution in [1.82, 2.24) is 0 Å². The Kier molecular flexibility index (Phi) is 5.53. The third-order valence-electron chi connectivity index (χ3n) is 5.86. The number of fused-ring (bicyclic) bond motifs is 1. The van der Waals surface area contributed by atoms with Gasteiger partial charge in [-0.15, -0.1) is 0 Å². The number of rotatable bonds is 3. The van der Waals surface area contributed by atoms with Gasteiger partial charge in [0.1, 0.15) is 0 Å². The molecule has 2 radical (unpaired) electrons. The van der Waals surface area contributed by atoms with Crippen LogP contribution in [0.15, 0.2) is 30.3 Å². The molecule has 0 unspecified atom stereocenters. The molecule has 28 heavy (non-hydrogen) atoms. The molecule has 0 nitrogen and oxygen atoms in total. The van der Waals surface area contributed by atoms with E-state index in [1.54, 1.807) is 16.3 Å². The lowest BCUT2D eigenvalue weighted by Gasteiger charge is -2.35. The third-order valence-corrected chi connectivity index (χ3v) is 6.88. The third kappa shape index (κ3) is 3.66. The van der Waals surface area contributed by atoms with E-state index < -0.39 is 0 Å². The molecule has 0 N–H and O–H groups in total. The van der Waals surface area contributed by atoms with Gasteiger partial charge >= 0.3 is 0 Å². The first-order valence-electron chi connectivity index (χ1n) is 10.6. The summed E-state index contributed by atoms with van der Waals surface area (Å²) in [7, 11) is 0.811. The fourth-order valence-corrected chi connectivity index (χ4v) is 6.15. The van der Waals surface area contributed by atoms with Crippen LogP contribution >= 0.6 is 0 Å². The van der Waals surface area contributed by atoms with Crippen LogP contribution in [0, 0.1) is 0 Å². The second-order valence-electron chi connectivity index (χ2n) is 10.5. The standard InChI is InChI=1S/C27H36Si/c1-17(2)23-21(20-15-11-13-18-12-10-14-19(18)20)16-22(26(3,4)5)25(28-9)24(23)27(6,7)8/h10-11,13-17H,12H2,1-9H3. The normalized spacial score (nSPS) is 14.1. The highest BCUT2D eigenvalue weighted by atomic mass is 28.2. The van der Waals surface area contributed by atoms with Gasteiger partial charge in [0, 0.05) is 0 Å². The SMILES string of the molecule is C[Si]c1c(C(C)(C)C)cc(-c2cccc3c2C=CC3)c(C(C)C)c1C(C)(C)C. The second kappa shape index (κ2) is 7.33. The molecular weight excluding hydrogens is 352 g/mol. The molecule has 0 aliphatic heterocycles. The van der Waals surface area contributed by atoms with Gasteiger partial charge < -0.3 is 0 Å². The van der Waals surface area contributed by atoms with Gasteiger partial charge in [-0.3, -0.25) is 0 Å². The van der Waals surface area contributed by atoms with Gasteiger partial charge in [0.25, 0.3) is 0 Å². The van der Waals surface area contributed by atoms with E-state index in [-0.39, 0.29) is 10.8 Å². The van der Waals surface area contributed by atoms with Gasteiger partial charge in [-0.05, 0) is 62.1 Å². The Labute approximate surface area is 175 Å². The van der Waals surface area contributed by atoms with Gasteiger partial charge in [-0.25, -0.2) is 0 Å². The van der Waals surface area contributed by atoms with Gasteiger partial charge in [-0.1, -0.05) is 104 Å². The highest BCUT2D eigenvalue weighted by molar-refractivity contribution is 6.53. The molecule has 0 bridgehead atoms. The predicted molar refractivity (Wildman–Crippen MR) is 127 cm³/mol. The minimum absolute atomic E-state index is 0.127. The average molecular weight is 389 g/mol. The largest absolute Gasteiger partial charge is 0.0795 e. The summed E-state index contributed by atoms with van der Waals surface area (Å²) in [6, 6.07) is 9.40. The highest BCUT2D eigenvalue weighted by Crippen LogP contribution is 2.42. The van der Waals surface area contributed by atoms with Crippen LogP contribution in [0.1, 0.15) is 89.1 Å². The van der Waals surface area contributed by atoms with Gasteiger partial charge in [0.05, 0.1) is 9.52 Å². The maximum Gasteiger partial charge on any atom is 0.0781 e. The van der Waals surface area contributed by atoms with E-state index in [9.17, 15) is 0 Å². The minimum Gasteiger partial charge on any atom is -0.0795 e. The van der Waals surface area contributed by atoms with Crippen molar-refractivity contribution in [3.63, 3.8) is 0 Å². The Morgan fingerprint density at radius 3 is 2.14 bits per heavy atom. The van der Waals surface area contributed by atoms with Crippen LogP contribution < -0.4 is 5.19 Å². The molecule has 0 spiro atoms. The van der Waals surface area contributed by atoms with Crippen LogP contribution in [0.25, 0.3) is 17.2 Å². The van der Waals surface area contributed by atoms with Crippen molar-refractivity contribution in [2.75, 3.05) is 0 Å². The van der Waals surface area contributed by atoms with Crippen molar-refractivity contribution in [3.8, 4) is 11.1 Å². The lowest BCUT2D eigenvalue weighted by molar-refractivity contribution is 0.567. The number of hydrogen-bond donors (Lipinski definition) is 0. The molecule has 1 heteroatoms. The molecule has 0 saturated heterocycles. The van der Waals surface area contributed by atoms with E-state index in [1.165, 1.54) is 27.8 Å². The van der Waals surface area contributed by atoms with Crippen LogP contribution in [0.4, 0.5) is 0 Å². The summed E-state index contributed by atoms with van der Waals surface area (Å²) in [4.78, 5) is 0. The van der Waals surface area contributed by atoms with Gasteiger partial charge in [0.2, 0.25) is 0 Å². The Morgan fingerprint density at radius 1 is 0.929 bits per heavy atom. The summed E-state index contributed by atoms with van der Waals surface area (Å²) in [5.74, 6) is 0.495. The quantitative estimate of drug-likeness (QED) is 0.496. The second-order valence-corrected chi connectivity index (χ2v) is 11.5. The van der Waals surface area contributed by atoms with Crippen molar-refractivity contribution in [2.24, 2.45) is 0 Å². The zero-order valence-electron chi connectivity index (χ0n) is 19.2.